The molecular formula is C12H18ClFN2O2. The maximum absolute atomic E-state index is 13.1. The number of hydrogen-bond donors (Lipinski definition) is 3. The Hall–Kier alpha value is -1.04. The van der Waals surface area contributed by atoms with Crippen LogP contribution >= 0.6 is 12.4 Å². The van der Waals surface area contributed by atoms with Gasteiger partial charge in [-0.3, -0.25) is 0 Å². The first-order chi connectivity index (χ1) is 8.11. The van der Waals surface area contributed by atoms with Crippen LogP contribution in [0.2, 0.25) is 0 Å². The highest BCUT2D eigenvalue weighted by atomic mass is 35.5. The number of anilines is 1. The van der Waals surface area contributed by atoms with Crippen molar-refractivity contribution in [1.82, 2.24) is 0 Å². The van der Waals surface area contributed by atoms with Gasteiger partial charge >= 0.3 is 0 Å². The molecule has 1 atom stereocenters. The number of halogens is 2. The van der Waals surface area contributed by atoms with Crippen molar-refractivity contribution >= 4 is 18.1 Å². The van der Waals surface area contributed by atoms with Crippen molar-refractivity contribution in [2.75, 3.05) is 18.9 Å². The molecule has 18 heavy (non-hydrogen) atoms. The molecule has 1 aliphatic rings. The van der Waals surface area contributed by atoms with Crippen LogP contribution in [0.15, 0.2) is 12.1 Å². The summed E-state index contributed by atoms with van der Waals surface area (Å²) in [6.45, 7) is 1.35. The third kappa shape index (κ3) is 2.85. The Balaban J connectivity index is 0.00000162. The van der Waals surface area contributed by atoms with E-state index >= 15 is 0 Å². The fraction of sp³-hybridized carbons (Fsp3) is 0.500. The van der Waals surface area contributed by atoms with E-state index in [-0.39, 0.29) is 35.8 Å². The molecule has 0 radical (unpaired) electrons. The molecule has 1 fully saturated rings. The van der Waals surface area contributed by atoms with Crippen molar-refractivity contribution in [2.24, 2.45) is 11.7 Å². The monoisotopic (exact) mass is 276 g/mol. The second kappa shape index (κ2) is 6.22. The van der Waals surface area contributed by atoms with Crippen molar-refractivity contribution in [2.45, 2.75) is 18.9 Å². The van der Waals surface area contributed by atoms with Crippen LogP contribution in [0.25, 0.3) is 0 Å². The lowest BCUT2D eigenvalue weighted by Crippen LogP contribution is -2.27. The Labute approximate surface area is 112 Å². The van der Waals surface area contributed by atoms with Crippen molar-refractivity contribution < 1.29 is 14.2 Å². The lowest BCUT2D eigenvalue weighted by Gasteiger charge is -2.28. The number of rotatable bonds is 2. The van der Waals surface area contributed by atoms with Gasteiger partial charge in [0.2, 0.25) is 0 Å². The molecule has 6 heteroatoms. The van der Waals surface area contributed by atoms with E-state index in [9.17, 15) is 9.50 Å². The SMILES string of the molecule is Cl.Nc1c(F)ccc([C@H](N)C2CCOCC2)c1O. The van der Waals surface area contributed by atoms with E-state index in [1.54, 1.807) is 0 Å². The maximum atomic E-state index is 13.1. The minimum Gasteiger partial charge on any atom is -0.505 e. The molecule has 0 unspecified atom stereocenters. The fourth-order valence-electron chi connectivity index (χ4n) is 2.20. The molecule has 0 amide bonds. The van der Waals surface area contributed by atoms with Gasteiger partial charge in [-0.1, -0.05) is 6.07 Å². The van der Waals surface area contributed by atoms with Gasteiger partial charge < -0.3 is 21.3 Å². The highest BCUT2D eigenvalue weighted by Crippen LogP contribution is 2.36. The zero-order valence-corrected chi connectivity index (χ0v) is 10.8. The van der Waals surface area contributed by atoms with Crippen LogP contribution in [-0.4, -0.2) is 18.3 Å². The summed E-state index contributed by atoms with van der Waals surface area (Å²) in [6.07, 6.45) is 1.69. The van der Waals surface area contributed by atoms with Crippen molar-refractivity contribution in [3.63, 3.8) is 0 Å². The van der Waals surface area contributed by atoms with Crippen molar-refractivity contribution in [1.29, 1.82) is 0 Å². The maximum Gasteiger partial charge on any atom is 0.149 e. The topological polar surface area (TPSA) is 81.5 Å². The van der Waals surface area contributed by atoms with Crippen LogP contribution in [0, 0.1) is 11.7 Å². The van der Waals surface area contributed by atoms with E-state index < -0.39 is 5.82 Å². The van der Waals surface area contributed by atoms with E-state index in [0.29, 0.717) is 18.8 Å². The normalized spacial score (nSPS) is 18.1. The minimum atomic E-state index is -0.620. The molecule has 0 saturated carbocycles. The summed E-state index contributed by atoms with van der Waals surface area (Å²) in [5.74, 6) is -0.617. The van der Waals surface area contributed by atoms with Gasteiger partial charge in [-0.15, -0.1) is 12.4 Å². The first-order valence-corrected chi connectivity index (χ1v) is 5.71. The molecule has 0 aliphatic carbocycles. The van der Waals surface area contributed by atoms with Crippen LogP contribution in [0.3, 0.4) is 0 Å². The second-order valence-corrected chi connectivity index (χ2v) is 4.37. The third-order valence-corrected chi connectivity index (χ3v) is 3.33. The number of hydrogen-bond acceptors (Lipinski definition) is 4. The van der Waals surface area contributed by atoms with Gasteiger partial charge in [0.15, 0.2) is 0 Å². The number of ether oxygens (including phenoxy) is 1. The second-order valence-electron chi connectivity index (χ2n) is 4.37. The van der Waals surface area contributed by atoms with Gasteiger partial charge in [-0.05, 0) is 24.8 Å². The summed E-state index contributed by atoms with van der Waals surface area (Å²) in [5, 5.41) is 9.80. The standard InChI is InChI=1S/C12H17FN2O2.ClH/c13-9-2-1-8(12(16)11(9)15)10(14)7-3-5-17-6-4-7;/h1-2,7,10,16H,3-6,14-15H2;1H/t10-;/m1./s1. The smallest absolute Gasteiger partial charge is 0.149 e. The molecular weight excluding hydrogens is 259 g/mol. The van der Waals surface area contributed by atoms with Crippen LogP contribution in [0.1, 0.15) is 24.4 Å². The summed E-state index contributed by atoms with van der Waals surface area (Å²) in [6, 6.07) is 2.41. The zero-order chi connectivity index (χ0) is 12.4. The largest absolute Gasteiger partial charge is 0.505 e. The van der Waals surface area contributed by atoms with Gasteiger partial charge in [0, 0.05) is 24.8 Å². The molecule has 1 aromatic carbocycles. The zero-order valence-electron chi connectivity index (χ0n) is 9.93. The Kier molecular flexibility index (Phi) is 5.19. The van der Waals surface area contributed by atoms with Crippen molar-refractivity contribution in [3.8, 4) is 5.75 Å². The van der Waals surface area contributed by atoms with Gasteiger partial charge in [0.1, 0.15) is 17.3 Å². The number of nitrogen functional groups attached to an aromatic ring is 1. The highest BCUT2D eigenvalue weighted by molar-refractivity contribution is 5.85. The fourth-order valence-corrected chi connectivity index (χ4v) is 2.20. The van der Waals surface area contributed by atoms with Gasteiger partial charge in [0.05, 0.1) is 0 Å². The quantitative estimate of drug-likeness (QED) is 0.570. The Bertz CT molecular complexity index is 411. The Morgan fingerprint density at radius 1 is 1.33 bits per heavy atom. The number of nitrogens with two attached hydrogens (primary N) is 2. The lowest BCUT2D eigenvalue weighted by atomic mass is 9.87. The number of phenols is 1. The summed E-state index contributed by atoms with van der Waals surface area (Å²) in [5.41, 5.74) is 11.8. The molecule has 0 bridgehead atoms. The predicted octanol–water partition coefficient (Wildman–Crippen LogP) is 1.96. The molecule has 4 nitrogen and oxygen atoms in total. The molecule has 0 aromatic heterocycles. The average molecular weight is 277 g/mol. The van der Waals surface area contributed by atoms with Gasteiger partial charge in [0.25, 0.3) is 0 Å². The summed E-state index contributed by atoms with van der Waals surface area (Å²) < 4.78 is 18.4. The minimum absolute atomic E-state index is 0. The predicted molar refractivity (Wildman–Crippen MR) is 70.2 cm³/mol. The molecule has 1 heterocycles. The first-order valence-electron chi connectivity index (χ1n) is 5.71. The third-order valence-electron chi connectivity index (χ3n) is 3.33. The van der Waals surface area contributed by atoms with Crippen LogP contribution in [-0.2, 0) is 4.74 Å². The number of benzene rings is 1. The van der Waals surface area contributed by atoms with E-state index in [1.165, 1.54) is 12.1 Å². The van der Waals surface area contributed by atoms with Crippen LogP contribution in [0.4, 0.5) is 10.1 Å². The first kappa shape index (κ1) is 15.0. The highest BCUT2D eigenvalue weighted by Gasteiger charge is 2.25. The molecule has 2 rings (SSSR count). The summed E-state index contributed by atoms with van der Waals surface area (Å²) in [4.78, 5) is 0. The van der Waals surface area contributed by atoms with Gasteiger partial charge in [-0.2, -0.15) is 0 Å². The molecule has 5 N–H and O–H groups in total. The van der Waals surface area contributed by atoms with E-state index in [4.69, 9.17) is 16.2 Å². The average Bonchev–Trinajstić information content (AvgIpc) is 2.36. The molecule has 0 spiro atoms. The summed E-state index contributed by atoms with van der Waals surface area (Å²) >= 11 is 0. The number of phenolic OH excluding ortho intramolecular Hbond substituents is 1. The lowest BCUT2D eigenvalue weighted by molar-refractivity contribution is 0.0581. The van der Waals surface area contributed by atoms with E-state index in [1.807, 2.05) is 0 Å². The Morgan fingerprint density at radius 3 is 2.56 bits per heavy atom. The molecule has 102 valence electrons. The van der Waals surface area contributed by atoms with Crippen molar-refractivity contribution in [3.05, 3.63) is 23.5 Å². The van der Waals surface area contributed by atoms with Crippen LogP contribution in [0.5, 0.6) is 5.75 Å². The molecule has 1 saturated heterocycles. The number of aromatic hydroxyl groups is 1. The van der Waals surface area contributed by atoms with Crippen LogP contribution < -0.4 is 11.5 Å². The van der Waals surface area contributed by atoms with E-state index in [0.717, 1.165) is 12.8 Å². The molecule has 1 aliphatic heterocycles. The van der Waals surface area contributed by atoms with E-state index in [2.05, 4.69) is 0 Å². The Morgan fingerprint density at radius 2 is 1.94 bits per heavy atom. The summed E-state index contributed by atoms with van der Waals surface area (Å²) in [7, 11) is 0. The molecule has 1 aromatic rings. The van der Waals surface area contributed by atoms with Gasteiger partial charge in [-0.25, -0.2) is 4.39 Å².